The molecule has 80 valence electrons. The van der Waals surface area contributed by atoms with Crippen molar-refractivity contribution in [2.24, 2.45) is 5.92 Å². The van der Waals surface area contributed by atoms with E-state index in [4.69, 9.17) is 4.74 Å². The minimum Gasteiger partial charge on any atom is -0.370 e. The van der Waals surface area contributed by atoms with Crippen LogP contribution < -0.4 is 0 Å². The maximum Gasteiger partial charge on any atom is 0.0832 e. The Bertz CT molecular complexity index is 317. The Morgan fingerprint density at radius 2 is 2.13 bits per heavy atom. The topological polar surface area (TPSA) is 9.23 Å². The fourth-order valence-corrected chi connectivity index (χ4v) is 2.22. The molecule has 1 aliphatic heterocycles. The molecule has 1 heterocycles. The number of benzene rings is 1. The molecule has 1 aromatic carbocycles. The molecule has 1 aromatic rings. The van der Waals surface area contributed by atoms with Crippen LogP contribution in [0.25, 0.3) is 0 Å². The minimum atomic E-state index is 0.283. The third-order valence-corrected chi connectivity index (χ3v) is 3.13. The highest BCUT2D eigenvalue weighted by Gasteiger charge is 2.31. The molecule has 15 heavy (non-hydrogen) atoms. The number of ether oxygens (including phenoxy) is 1. The van der Waals surface area contributed by atoms with Crippen LogP contribution in [0.2, 0.25) is 0 Å². The lowest BCUT2D eigenvalue weighted by molar-refractivity contribution is 0.0377. The molecule has 1 aliphatic rings. The Labute approximate surface area is 91.8 Å². The lowest BCUT2D eigenvalue weighted by Crippen LogP contribution is -2.11. The Morgan fingerprint density at radius 3 is 2.80 bits per heavy atom. The van der Waals surface area contributed by atoms with E-state index in [-0.39, 0.29) is 6.10 Å². The van der Waals surface area contributed by atoms with Crippen LogP contribution in [0.4, 0.5) is 0 Å². The Morgan fingerprint density at radius 1 is 1.40 bits per heavy atom. The van der Waals surface area contributed by atoms with Crippen LogP contribution in [0.15, 0.2) is 43.0 Å². The highest BCUT2D eigenvalue weighted by molar-refractivity contribution is 5.18. The molecule has 2 rings (SSSR count). The summed E-state index contributed by atoms with van der Waals surface area (Å²) in [5, 5.41) is 0. The summed E-state index contributed by atoms with van der Waals surface area (Å²) in [4.78, 5) is 0. The number of rotatable bonds is 3. The predicted octanol–water partition coefficient (Wildman–Crippen LogP) is 3.73. The van der Waals surface area contributed by atoms with Crippen molar-refractivity contribution in [2.75, 3.05) is 0 Å². The standard InChI is InChI=1S/C14H18O/c1-3-7-13-11(2)10-14(15-13)12-8-5-4-6-9-12/h3-6,8-9,11,13-14H,1,7,10H2,2H3/t11-,13-,14-/m0/s1. The molecule has 1 heteroatoms. The molecule has 0 aliphatic carbocycles. The highest BCUT2D eigenvalue weighted by Crippen LogP contribution is 2.37. The van der Waals surface area contributed by atoms with Crippen LogP contribution in [0.3, 0.4) is 0 Å². The van der Waals surface area contributed by atoms with Gasteiger partial charge in [-0.3, -0.25) is 0 Å². The van der Waals surface area contributed by atoms with Crippen LogP contribution in [-0.4, -0.2) is 6.10 Å². The summed E-state index contributed by atoms with van der Waals surface area (Å²) in [5.41, 5.74) is 1.30. The largest absolute Gasteiger partial charge is 0.370 e. The van der Waals surface area contributed by atoms with Gasteiger partial charge in [0.1, 0.15) is 0 Å². The molecule has 3 atom stereocenters. The first kappa shape index (κ1) is 10.4. The van der Waals surface area contributed by atoms with Crippen molar-refractivity contribution >= 4 is 0 Å². The van der Waals surface area contributed by atoms with E-state index in [1.807, 2.05) is 12.1 Å². The van der Waals surface area contributed by atoms with Gasteiger partial charge < -0.3 is 4.74 Å². The molecule has 0 saturated carbocycles. The molecular weight excluding hydrogens is 184 g/mol. The number of hydrogen-bond donors (Lipinski definition) is 0. The van der Waals surface area contributed by atoms with Gasteiger partial charge in [0.25, 0.3) is 0 Å². The van der Waals surface area contributed by atoms with E-state index in [9.17, 15) is 0 Å². The van der Waals surface area contributed by atoms with E-state index in [0.29, 0.717) is 12.0 Å². The molecule has 1 fully saturated rings. The minimum absolute atomic E-state index is 0.283. The van der Waals surface area contributed by atoms with Crippen molar-refractivity contribution in [3.05, 3.63) is 48.6 Å². The monoisotopic (exact) mass is 202 g/mol. The van der Waals surface area contributed by atoms with E-state index in [1.165, 1.54) is 5.56 Å². The van der Waals surface area contributed by atoms with E-state index < -0.39 is 0 Å². The van der Waals surface area contributed by atoms with Crippen molar-refractivity contribution in [1.82, 2.24) is 0 Å². The molecule has 0 spiro atoms. The molecule has 0 radical (unpaired) electrons. The van der Waals surface area contributed by atoms with E-state index in [1.54, 1.807) is 0 Å². The highest BCUT2D eigenvalue weighted by atomic mass is 16.5. The van der Waals surface area contributed by atoms with Gasteiger partial charge in [-0.25, -0.2) is 0 Å². The van der Waals surface area contributed by atoms with Crippen LogP contribution in [0, 0.1) is 5.92 Å². The summed E-state index contributed by atoms with van der Waals surface area (Å²) in [6.07, 6.45) is 4.68. The summed E-state index contributed by atoms with van der Waals surface area (Å²) in [7, 11) is 0. The second-order valence-electron chi connectivity index (χ2n) is 4.31. The fraction of sp³-hybridized carbons (Fsp3) is 0.429. The van der Waals surface area contributed by atoms with Gasteiger partial charge in [-0.15, -0.1) is 6.58 Å². The van der Waals surface area contributed by atoms with Crippen molar-refractivity contribution < 1.29 is 4.74 Å². The van der Waals surface area contributed by atoms with E-state index in [2.05, 4.69) is 37.8 Å². The van der Waals surface area contributed by atoms with Crippen LogP contribution >= 0.6 is 0 Å². The van der Waals surface area contributed by atoms with Gasteiger partial charge in [0.2, 0.25) is 0 Å². The Hall–Kier alpha value is -1.08. The van der Waals surface area contributed by atoms with Crippen LogP contribution in [0.5, 0.6) is 0 Å². The average Bonchev–Trinajstić information content (AvgIpc) is 2.63. The van der Waals surface area contributed by atoms with Crippen LogP contribution in [0.1, 0.15) is 31.4 Å². The van der Waals surface area contributed by atoms with Crippen molar-refractivity contribution in [2.45, 2.75) is 32.0 Å². The van der Waals surface area contributed by atoms with Crippen LogP contribution in [-0.2, 0) is 4.74 Å². The molecule has 1 saturated heterocycles. The summed E-state index contributed by atoms with van der Waals surface area (Å²) < 4.78 is 6.03. The molecule has 0 amide bonds. The molecule has 0 unspecified atom stereocenters. The third-order valence-electron chi connectivity index (χ3n) is 3.13. The molecule has 0 aromatic heterocycles. The Balaban J connectivity index is 2.06. The number of hydrogen-bond acceptors (Lipinski definition) is 1. The van der Waals surface area contributed by atoms with E-state index >= 15 is 0 Å². The maximum atomic E-state index is 6.03. The average molecular weight is 202 g/mol. The van der Waals surface area contributed by atoms with Crippen molar-refractivity contribution in [3.8, 4) is 0 Å². The smallest absolute Gasteiger partial charge is 0.0832 e. The lowest BCUT2D eigenvalue weighted by Gasteiger charge is -2.13. The van der Waals surface area contributed by atoms with Gasteiger partial charge in [0, 0.05) is 0 Å². The predicted molar refractivity (Wildman–Crippen MR) is 62.7 cm³/mol. The first-order chi connectivity index (χ1) is 7.31. The SMILES string of the molecule is C=CC[C@@H]1O[C@H](c2ccccc2)C[C@@H]1C. The summed E-state index contributed by atoms with van der Waals surface area (Å²) in [5.74, 6) is 0.633. The molecular formula is C14H18O. The van der Waals surface area contributed by atoms with Crippen molar-refractivity contribution in [1.29, 1.82) is 0 Å². The molecule has 0 N–H and O–H groups in total. The summed E-state index contributed by atoms with van der Waals surface area (Å²) >= 11 is 0. The van der Waals surface area contributed by atoms with Gasteiger partial charge >= 0.3 is 0 Å². The van der Waals surface area contributed by atoms with Gasteiger partial charge in [-0.1, -0.05) is 43.3 Å². The van der Waals surface area contributed by atoms with Gasteiger partial charge in [-0.05, 0) is 24.3 Å². The van der Waals surface area contributed by atoms with E-state index in [0.717, 1.165) is 12.8 Å². The van der Waals surface area contributed by atoms with Gasteiger partial charge in [-0.2, -0.15) is 0 Å². The summed E-state index contributed by atoms with van der Waals surface area (Å²) in [6.45, 7) is 6.04. The third kappa shape index (κ3) is 2.29. The van der Waals surface area contributed by atoms with Gasteiger partial charge in [0.05, 0.1) is 12.2 Å². The second-order valence-corrected chi connectivity index (χ2v) is 4.31. The lowest BCUT2D eigenvalue weighted by atomic mass is 9.97. The Kier molecular flexibility index (Phi) is 3.22. The van der Waals surface area contributed by atoms with Crippen molar-refractivity contribution in [3.63, 3.8) is 0 Å². The quantitative estimate of drug-likeness (QED) is 0.679. The first-order valence-electron chi connectivity index (χ1n) is 5.62. The normalized spacial score (nSPS) is 30.3. The second kappa shape index (κ2) is 4.63. The zero-order chi connectivity index (χ0) is 10.7. The summed E-state index contributed by atoms with van der Waals surface area (Å²) in [6, 6.07) is 10.5. The maximum absolute atomic E-state index is 6.03. The van der Waals surface area contributed by atoms with Gasteiger partial charge in [0.15, 0.2) is 0 Å². The zero-order valence-electron chi connectivity index (χ0n) is 9.23. The molecule has 1 nitrogen and oxygen atoms in total. The molecule has 0 bridgehead atoms. The zero-order valence-corrected chi connectivity index (χ0v) is 9.23. The first-order valence-corrected chi connectivity index (χ1v) is 5.62. The fourth-order valence-electron chi connectivity index (χ4n) is 2.22.